The van der Waals surface area contributed by atoms with Gasteiger partial charge in [-0.3, -0.25) is 0 Å². The Morgan fingerprint density at radius 2 is 0.971 bits per heavy atom. The fourth-order valence-corrected chi connectivity index (χ4v) is 4.82. The van der Waals surface area contributed by atoms with Crippen LogP contribution in [-0.4, -0.2) is 81.1 Å². The third-order valence-electron chi connectivity index (χ3n) is 7.39. The van der Waals surface area contributed by atoms with Crippen LogP contribution in [0.1, 0.15) is 27.7 Å². The summed E-state index contributed by atoms with van der Waals surface area (Å²) in [7, 11) is 49.8. The maximum absolute atomic E-state index is 6.56. The molecule has 1 saturated heterocycles. The molecule has 0 aliphatic carbocycles. The molecule has 1 aromatic heterocycles. The molecule has 16 radical (unpaired) electrons. The lowest BCUT2D eigenvalue weighted by Gasteiger charge is -2.32. The van der Waals surface area contributed by atoms with Gasteiger partial charge in [-0.15, -0.1) is 10.9 Å². The lowest BCUT2D eigenvalue weighted by Crippen LogP contribution is -2.50. The Bertz CT molecular complexity index is 1590. The van der Waals surface area contributed by atoms with Crippen molar-refractivity contribution in [2.24, 2.45) is 0 Å². The van der Waals surface area contributed by atoms with E-state index in [1.807, 2.05) is 27.7 Å². The molecule has 0 amide bonds. The molecule has 1 fully saturated rings. The molecular weight excluding hydrogens is 445 g/mol. The van der Waals surface area contributed by atoms with Crippen molar-refractivity contribution < 1.29 is 13.7 Å². The van der Waals surface area contributed by atoms with Crippen LogP contribution >= 0.6 is 11.6 Å². The third-order valence-corrected chi connectivity index (χ3v) is 7.80. The molecule has 2 heterocycles. The van der Waals surface area contributed by atoms with E-state index in [9.17, 15) is 0 Å². The zero-order valence-corrected chi connectivity index (χ0v) is 20.6. The van der Waals surface area contributed by atoms with Gasteiger partial charge in [0.2, 0.25) is 0 Å². The molecule has 0 spiro atoms. The smallest absolute Gasteiger partial charge is 0.456 e. The number of halogens is 1. The molecule has 0 unspecified atom stereocenters. The van der Waals surface area contributed by atoms with Gasteiger partial charge in [0.1, 0.15) is 73.9 Å². The minimum absolute atomic E-state index is 0.0911. The Hall–Kier alpha value is -1.49. The lowest BCUT2D eigenvalue weighted by molar-refractivity contribution is 0.00578. The van der Waals surface area contributed by atoms with Crippen LogP contribution in [0.3, 0.4) is 0 Å². The van der Waals surface area contributed by atoms with E-state index in [4.69, 9.17) is 88.1 Å². The van der Waals surface area contributed by atoms with Crippen LogP contribution in [-0.2, 0) is 9.31 Å². The summed E-state index contributed by atoms with van der Waals surface area (Å²) >= 11 is 6.54. The maximum Gasteiger partial charge on any atom is 0.495 e. The van der Waals surface area contributed by atoms with E-state index >= 15 is 0 Å². The molecule has 1 aliphatic rings. The van der Waals surface area contributed by atoms with Crippen LogP contribution in [0.15, 0.2) is 4.42 Å². The zero-order chi connectivity index (χ0) is 25.9. The van der Waals surface area contributed by atoms with Crippen molar-refractivity contribution >= 4 is 163 Å². The summed E-state index contributed by atoms with van der Waals surface area (Å²) in [4.78, 5) is 0. The van der Waals surface area contributed by atoms with E-state index < -0.39 is 18.3 Å². The Morgan fingerprint density at radius 1 is 0.543 bits per heavy atom. The van der Waals surface area contributed by atoms with E-state index in [1.54, 1.807) is 0 Å². The van der Waals surface area contributed by atoms with E-state index in [0.29, 0.717) is 27.0 Å². The summed E-state index contributed by atoms with van der Waals surface area (Å²) in [6.45, 7) is 7.68. The largest absolute Gasteiger partial charge is 0.495 e. The molecular formula is C22H12B9ClO3. The van der Waals surface area contributed by atoms with Gasteiger partial charge < -0.3 is 13.7 Å². The molecule has 0 N–H and O–H groups in total. The van der Waals surface area contributed by atoms with Gasteiger partial charge in [0.05, 0.1) is 11.2 Å². The molecule has 35 heavy (non-hydrogen) atoms. The SMILES string of the molecule is [B]c1c([B])c([B])c2c(c1[B])c([B])c([B])c1c2oc2c([B])c(Cl)c([B])c(B3OC(C)(C)C(C)(C)O3)c21. The average Bonchev–Trinajstić information content (AvgIpc) is 3.26. The number of hydrogen-bond donors (Lipinski definition) is 0. The molecule has 13 heteroatoms. The first-order valence-electron chi connectivity index (χ1n) is 10.8. The Morgan fingerprint density at radius 3 is 1.51 bits per heavy atom. The van der Waals surface area contributed by atoms with Crippen molar-refractivity contribution in [1.29, 1.82) is 0 Å². The van der Waals surface area contributed by atoms with Crippen molar-refractivity contribution in [2.45, 2.75) is 38.9 Å². The highest BCUT2D eigenvalue weighted by atomic mass is 35.5. The van der Waals surface area contributed by atoms with Crippen molar-refractivity contribution in [2.75, 3.05) is 0 Å². The zero-order valence-electron chi connectivity index (χ0n) is 19.8. The maximum atomic E-state index is 6.56. The van der Waals surface area contributed by atoms with E-state index in [-0.39, 0.29) is 59.9 Å². The average molecular weight is 457 g/mol. The quantitative estimate of drug-likeness (QED) is 0.274. The number of furan rings is 1. The first-order chi connectivity index (χ1) is 16.1. The second kappa shape index (κ2) is 7.76. The molecule has 152 valence electrons. The summed E-state index contributed by atoms with van der Waals surface area (Å²) in [5.41, 5.74) is 0.621. The highest BCUT2D eigenvalue weighted by Gasteiger charge is 2.53. The van der Waals surface area contributed by atoms with Crippen LogP contribution in [0.25, 0.3) is 32.7 Å². The van der Waals surface area contributed by atoms with Crippen molar-refractivity contribution in [3.8, 4) is 0 Å². The first-order valence-corrected chi connectivity index (χ1v) is 11.2. The van der Waals surface area contributed by atoms with Crippen molar-refractivity contribution in [3.63, 3.8) is 0 Å². The molecule has 0 atom stereocenters. The predicted molar refractivity (Wildman–Crippen MR) is 155 cm³/mol. The Kier molecular flexibility index (Phi) is 5.58. The second-order valence-corrected chi connectivity index (χ2v) is 10.3. The van der Waals surface area contributed by atoms with Crippen LogP contribution in [0.2, 0.25) is 5.02 Å². The summed E-state index contributed by atoms with van der Waals surface area (Å²) in [6, 6.07) is 0. The summed E-state index contributed by atoms with van der Waals surface area (Å²) in [5.74, 6) is 0. The van der Waals surface area contributed by atoms with Gasteiger partial charge in [0.25, 0.3) is 0 Å². The topological polar surface area (TPSA) is 31.6 Å². The fourth-order valence-electron chi connectivity index (χ4n) is 4.63. The van der Waals surface area contributed by atoms with Crippen LogP contribution in [0.4, 0.5) is 0 Å². The van der Waals surface area contributed by atoms with Crippen LogP contribution < -0.4 is 49.2 Å². The predicted octanol–water partition coefficient (Wildman–Crippen LogP) is -3.96. The first kappa shape index (κ1) is 25.2. The Balaban J connectivity index is 2.04. The fraction of sp³-hybridized carbons (Fsp3) is 0.273. The summed E-state index contributed by atoms with van der Waals surface area (Å²) in [6.07, 6.45) is 0. The summed E-state index contributed by atoms with van der Waals surface area (Å²) < 4.78 is 18.8. The van der Waals surface area contributed by atoms with Crippen LogP contribution in [0.5, 0.6) is 0 Å². The molecule has 5 rings (SSSR count). The number of hydrogen-bond acceptors (Lipinski definition) is 3. The van der Waals surface area contributed by atoms with Gasteiger partial charge in [-0.2, -0.15) is 0 Å². The number of rotatable bonds is 1. The van der Waals surface area contributed by atoms with Gasteiger partial charge in [-0.05, 0) is 44.0 Å². The number of benzene rings is 3. The van der Waals surface area contributed by atoms with Gasteiger partial charge in [-0.25, -0.2) is 0 Å². The van der Waals surface area contributed by atoms with Crippen molar-refractivity contribution in [3.05, 3.63) is 5.02 Å². The van der Waals surface area contributed by atoms with Gasteiger partial charge >= 0.3 is 7.12 Å². The minimum Gasteiger partial charge on any atom is -0.456 e. The summed E-state index contributed by atoms with van der Waals surface area (Å²) in [5, 5.41) is 1.61. The monoisotopic (exact) mass is 458 g/mol. The van der Waals surface area contributed by atoms with Gasteiger partial charge in [0, 0.05) is 21.2 Å². The van der Waals surface area contributed by atoms with Gasteiger partial charge in [-0.1, -0.05) is 38.9 Å². The molecule has 3 nitrogen and oxygen atoms in total. The number of fused-ring (bicyclic) bond motifs is 5. The molecule has 4 aromatic rings. The third kappa shape index (κ3) is 3.18. The van der Waals surface area contributed by atoms with E-state index in [2.05, 4.69) is 0 Å². The normalized spacial score (nSPS) is 17.2. The molecule has 1 aliphatic heterocycles. The highest BCUT2D eigenvalue weighted by Crippen LogP contribution is 2.38. The van der Waals surface area contributed by atoms with E-state index in [1.165, 1.54) is 0 Å². The van der Waals surface area contributed by atoms with Crippen LogP contribution in [0, 0.1) is 0 Å². The van der Waals surface area contributed by atoms with Crippen molar-refractivity contribution in [1.82, 2.24) is 0 Å². The Labute approximate surface area is 220 Å². The second-order valence-electron chi connectivity index (χ2n) is 9.89. The van der Waals surface area contributed by atoms with E-state index in [0.717, 1.165) is 0 Å². The minimum atomic E-state index is -0.906. The molecule has 0 bridgehead atoms. The van der Waals surface area contributed by atoms with Gasteiger partial charge in [0.15, 0.2) is 0 Å². The standard InChI is InChI=1S/C22H12B9ClO3/c1-21(2)22(3,4)35-31(34-21)17-8-7-11(25)9(23)5-6(12(26)14(28)13(27)10(5)24)19(7)33-20(8)16(30)18(32)15(17)29/h1-4H3. The lowest BCUT2D eigenvalue weighted by atomic mass is 9.61. The molecule has 3 aromatic carbocycles. The highest BCUT2D eigenvalue weighted by molar-refractivity contribution is 6.76. The molecule has 0 saturated carbocycles.